The lowest BCUT2D eigenvalue weighted by Gasteiger charge is -2.26. The van der Waals surface area contributed by atoms with Gasteiger partial charge in [0.2, 0.25) is 10.0 Å². The van der Waals surface area contributed by atoms with E-state index in [4.69, 9.17) is 4.74 Å². The van der Waals surface area contributed by atoms with Crippen LogP contribution in [-0.4, -0.2) is 54.7 Å². The third-order valence-corrected chi connectivity index (χ3v) is 7.61. The SMILES string of the molecule is Cc1cc(C)n(Cc2ccc(C(=O)Nc3cc(S(=O)(=O)N4CCOCC4)ccc3C)cc2)n1. The summed E-state index contributed by atoms with van der Waals surface area (Å²) in [7, 11) is -3.65. The van der Waals surface area contributed by atoms with Crippen molar-refractivity contribution < 1.29 is 17.9 Å². The van der Waals surface area contributed by atoms with Gasteiger partial charge >= 0.3 is 0 Å². The summed E-state index contributed by atoms with van der Waals surface area (Å²) >= 11 is 0. The van der Waals surface area contributed by atoms with Crippen LogP contribution in [0.1, 0.15) is 32.9 Å². The molecule has 8 nitrogen and oxygen atoms in total. The Morgan fingerprint density at radius 1 is 1.03 bits per heavy atom. The maximum absolute atomic E-state index is 13.0. The first-order valence-corrected chi connectivity index (χ1v) is 12.3. The Hall–Kier alpha value is -3.01. The predicted molar refractivity (Wildman–Crippen MR) is 126 cm³/mol. The lowest BCUT2D eigenvalue weighted by atomic mass is 10.1. The number of hydrogen-bond acceptors (Lipinski definition) is 5. The molecule has 0 atom stereocenters. The molecule has 1 saturated heterocycles. The zero-order valence-corrected chi connectivity index (χ0v) is 19.9. The van der Waals surface area contributed by atoms with Crippen LogP contribution in [-0.2, 0) is 21.3 Å². The Labute approximate surface area is 194 Å². The molecule has 0 saturated carbocycles. The summed E-state index contributed by atoms with van der Waals surface area (Å²) in [6.45, 7) is 7.83. The van der Waals surface area contributed by atoms with Gasteiger partial charge < -0.3 is 10.1 Å². The van der Waals surface area contributed by atoms with Crippen molar-refractivity contribution >= 4 is 21.6 Å². The first-order valence-electron chi connectivity index (χ1n) is 10.8. The number of benzene rings is 2. The molecule has 1 N–H and O–H groups in total. The van der Waals surface area contributed by atoms with Gasteiger partial charge in [-0.15, -0.1) is 0 Å². The number of carbonyl (C=O) groups is 1. The molecule has 0 radical (unpaired) electrons. The van der Waals surface area contributed by atoms with Crippen LogP contribution in [0.25, 0.3) is 0 Å². The molecule has 3 aromatic rings. The second-order valence-electron chi connectivity index (χ2n) is 8.23. The fourth-order valence-electron chi connectivity index (χ4n) is 3.80. The van der Waals surface area contributed by atoms with Gasteiger partial charge in [0, 0.05) is 30.0 Å². The minimum absolute atomic E-state index is 0.158. The van der Waals surface area contributed by atoms with Crippen molar-refractivity contribution in [2.45, 2.75) is 32.2 Å². The number of sulfonamides is 1. The van der Waals surface area contributed by atoms with Crippen LogP contribution < -0.4 is 5.32 Å². The second kappa shape index (κ2) is 9.46. The van der Waals surface area contributed by atoms with E-state index in [9.17, 15) is 13.2 Å². The standard InChI is InChI=1S/C24H28N4O4S/c1-17-4-9-22(33(30,31)27-10-12-32-13-11-27)15-23(17)25-24(29)21-7-5-20(6-8-21)16-28-19(3)14-18(2)26-28/h4-9,14-15H,10-13,16H2,1-3H3,(H,25,29). The van der Waals surface area contributed by atoms with Crippen LogP contribution >= 0.6 is 0 Å². The number of rotatable bonds is 6. The fraction of sp³-hybridized carbons (Fsp3) is 0.333. The molecule has 33 heavy (non-hydrogen) atoms. The van der Waals surface area contributed by atoms with Gasteiger partial charge in [0.05, 0.1) is 30.3 Å². The van der Waals surface area contributed by atoms with Crippen molar-refractivity contribution in [3.05, 3.63) is 76.6 Å². The normalized spacial score (nSPS) is 14.9. The third-order valence-electron chi connectivity index (χ3n) is 5.72. The number of hydrogen-bond donors (Lipinski definition) is 1. The summed E-state index contributed by atoms with van der Waals surface area (Å²) in [5.41, 5.74) is 4.83. The number of nitrogens with one attached hydrogen (secondary N) is 1. The largest absolute Gasteiger partial charge is 0.379 e. The molecule has 0 aliphatic carbocycles. The Balaban J connectivity index is 1.49. The minimum atomic E-state index is -3.65. The molecule has 2 heterocycles. The summed E-state index contributed by atoms with van der Waals surface area (Å²) in [6.07, 6.45) is 0. The van der Waals surface area contributed by atoms with Gasteiger partial charge in [-0.25, -0.2) is 8.42 Å². The summed E-state index contributed by atoms with van der Waals surface area (Å²) in [4.78, 5) is 13.0. The van der Waals surface area contributed by atoms with E-state index in [0.29, 0.717) is 44.1 Å². The number of aryl methyl sites for hydroxylation is 3. The minimum Gasteiger partial charge on any atom is -0.379 e. The van der Waals surface area contributed by atoms with Crippen LogP contribution in [0.2, 0.25) is 0 Å². The zero-order chi connectivity index (χ0) is 23.6. The zero-order valence-electron chi connectivity index (χ0n) is 19.0. The highest BCUT2D eigenvalue weighted by Crippen LogP contribution is 2.24. The molecule has 0 spiro atoms. The summed E-state index contributed by atoms with van der Waals surface area (Å²) in [5, 5.41) is 7.33. The van der Waals surface area contributed by atoms with Gasteiger partial charge in [-0.2, -0.15) is 9.40 Å². The molecule has 0 bridgehead atoms. The molecule has 4 rings (SSSR count). The quantitative estimate of drug-likeness (QED) is 0.600. The third kappa shape index (κ3) is 5.16. The Kier molecular flexibility index (Phi) is 6.64. The highest BCUT2D eigenvalue weighted by atomic mass is 32.2. The Morgan fingerprint density at radius 2 is 1.73 bits per heavy atom. The van der Waals surface area contributed by atoms with E-state index in [-0.39, 0.29) is 10.8 Å². The number of ether oxygens (including phenoxy) is 1. The van der Waals surface area contributed by atoms with E-state index in [1.807, 2.05) is 43.7 Å². The smallest absolute Gasteiger partial charge is 0.255 e. The molecule has 1 aliphatic rings. The van der Waals surface area contributed by atoms with E-state index < -0.39 is 10.0 Å². The molecular weight excluding hydrogens is 440 g/mol. The molecule has 1 aromatic heterocycles. The van der Waals surface area contributed by atoms with Gasteiger partial charge in [0.1, 0.15) is 0 Å². The number of carbonyl (C=O) groups excluding carboxylic acids is 1. The first kappa shape index (κ1) is 23.2. The number of aromatic nitrogens is 2. The summed E-state index contributed by atoms with van der Waals surface area (Å²) in [6, 6.07) is 14.2. The van der Waals surface area contributed by atoms with Crippen molar-refractivity contribution in [2.75, 3.05) is 31.6 Å². The molecule has 2 aromatic carbocycles. The van der Waals surface area contributed by atoms with Gasteiger partial charge in [0.15, 0.2) is 0 Å². The van der Waals surface area contributed by atoms with Crippen molar-refractivity contribution in [3.8, 4) is 0 Å². The fourth-order valence-corrected chi connectivity index (χ4v) is 5.23. The average molecular weight is 469 g/mol. The van der Waals surface area contributed by atoms with Crippen molar-refractivity contribution in [1.29, 1.82) is 0 Å². The monoisotopic (exact) mass is 468 g/mol. The molecular formula is C24H28N4O4S. The highest BCUT2D eigenvalue weighted by molar-refractivity contribution is 7.89. The Morgan fingerprint density at radius 3 is 2.36 bits per heavy atom. The van der Waals surface area contributed by atoms with Crippen molar-refractivity contribution in [1.82, 2.24) is 14.1 Å². The van der Waals surface area contributed by atoms with Gasteiger partial charge in [-0.3, -0.25) is 9.48 Å². The Bertz CT molecular complexity index is 1260. The molecule has 1 aliphatic heterocycles. The van der Waals surface area contributed by atoms with Crippen LogP contribution in [0.3, 0.4) is 0 Å². The topological polar surface area (TPSA) is 93.5 Å². The first-order chi connectivity index (χ1) is 15.7. The van der Waals surface area contributed by atoms with Crippen LogP contribution in [0.4, 0.5) is 5.69 Å². The van der Waals surface area contributed by atoms with E-state index in [1.165, 1.54) is 10.4 Å². The number of nitrogens with zero attached hydrogens (tertiary/aromatic N) is 3. The van der Waals surface area contributed by atoms with Crippen molar-refractivity contribution in [3.63, 3.8) is 0 Å². The van der Waals surface area contributed by atoms with Crippen molar-refractivity contribution in [2.24, 2.45) is 0 Å². The molecule has 9 heteroatoms. The van der Waals surface area contributed by atoms with Crippen LogP contribution in [0, 0.1) is 20.8 Å². The van der Waals surface area contributed by atoms with Gasteiger partial charge in [-0.1, -0.05) is 18.2 Å². The van der Waals surface area contributed by atoms with E-state index in [2.05, 4.69) is 10.4 Å². The molecule has 0 unspecified atom stereocenters. The van der Waals surface area contributed by atoms with E-state index in [0.717, 1.165) is 22.5 Å². The summed E-state index contributed by atoms with van der Waals surface area (Å²) < 4.78 is 34.5. The predicted octanol–water partition coefficient (Wildman–Crippen LogP) is 3.13. The molecule has 1 fully saturated rings. The number of morpholine rings is 1. The van der Waals surface area contributed by atoms with E-state index in [1.54, 1.807) is 24.3 Å². The summed E-state index contributed by atoms with van der Waals surface area (Å²) in [5.74, 6) is -0.295. The van der Waals surface area contributed by atoms with Crippen LogP contribution in [0.5, 0.6) is 0 Å². The average Bonchev–Trinajstić information content (AvgIpc) is 3.12. The lowest BCUT2D eigenvalue weighted by molar-refractivity contribution is 0.0730. The van der Waals surface area contributed by atoms with Gasteiger partial charge in [-0.05, 0) is 62.2 Å². The van der Waals surface area contributed by atoms with E-state index >= 15 is 0 Å². The van der Waals surface area contributed by atoms with Crippen LogP contribution in [0.15, 0.2) is 53.4 Å². The lowest BCUT2D eigenvalue weighted by Crippen LogP contribution is -2.40. The molecule has 174 valence electrons. The molecule has 1 amide bonds. The van der Waals surface area contributed by atoms with Gasteiger partial charge in [0.25, 0.3) is 5.91 Å². The maximum Gasteiger partial charge on any atom is 0.255 e. The highest BCUT2D eigenvalue weighted by Gasteiger charge is 2.27. The maximum atomic E-state index is 13.0. The number of anilines is 1. The number of amides is 1. The second-order valence-corrected chi connectivity index (χ2v) is 10.2.